The van der Waals surface area contributed by atoms with E-state index in [1.54, 1.807) is 31.2 Å². The molecular formula is C28H23Cl2NO6S. The molecule has 0 atom stereocenters. The number of benzene rings is 3. The second-order valence-corrected chi connectivity index (χ2v) is 9.99. The molecule has 0 spiro atoms. The number of hydrogen-bond donors (Lipinski definition) is 0. The van der Waals surface area contributed by atoms with E-state index < -0.39 is 17.1 Å². The van der Waals surface area contributed by atoms with Gasteiger partial charge in [-0.3, -0.25) is 14.5 Å². The number of imide groups is 1. The van der Waals surface area contributed by atoms with Gasteiger partial charge in [0.15, 0.2) is 11.5 Å². The minimum atomic E-state index is -0.633. The van der Waals surface area contributed by atoms with Crippen LogP contribution in [0.15, 0.2) is 65.6 Å². The van der Waals surface area contributed by atoms with Crippen molar-refractivity contribution in [3.05, 3.63) is 92.3 Å². The summed E-state index contributed by atoms with van der Waals surface area (Å²) < 4.78 is 16.8. The lowest BCUT2D eigenvalue weighted by atomic mass is 10.1. The van der Waals surface area contributed by atoms with Gasteiger partial charge in [0.05, 0.1) is 28.6 Å². The van der Waals surface area contributed by atoms with E-state index in [9.17, 15) is 14.4 Å². The summed E-state index contributed by atoms with van der Waals surface area (Å²) in [7, 11) is 0. The Bertz CT molecular complexity index is 1390. The first kappa shape index (κ1) is 27.6. The number of ether oxygens (including phenoxy) is 3. The van der Waals surface area contributed by atoms with Crippen LogP contribution in [0.4, 0.5) is 4.79 Å². The highest BCUT2D eigenvalue weighted by molar-refractivity contribution is 8.18. The first-order valence-electron chi connectivity index (χ1n) is 11.6. The SMILES string of the molecule is CCOc1cc(/C=C2\SC(=O)N(CCOc3ccc(C)cc3)C2=O)cc(Cl)c1OC(=O)c1ccc(Cl)cc1. The third kappa shape index (κ3) is 6.69. The summed E-state index contributed by atoms with van der Waals surface area (Å²) in [5.74, 6) is -0.134. The van der Waals surface area contributed by atoms with Crippen molar-refractivity contribution < 1.29 is 28.6 Å². The quantitative estimate of drug-likeness (QED) is 0.155. The van der Waals surface area contributed by atoms with Gasteiger partial charge in [-0.2, -0.15) is 0 Å². The zero-order valence-electron chi connectivity index (χ0n) is 20.5. The topological polar surface area (TPSA) is 82.1 Å². The molecule has 10 heteroatoms. The van der Waals surface area contributed by atoms with Crippen molar-refractivity contribution >= 4 is 58.2 Å². The van der Waals surface area contributed by atoms with Crippen molar-refractivity contribution in [3.8, 4) is 17.2 Å². The number of aryl methyl sites for hydroxylation is 1. The number of thioether (sulfide) groups is 1. The molecule has 0 saturated carbocycles. The fourth-order valence-electron chi connectivity index (χ4n) is 3.50. The minimum absolute atomic E-state index is 0.0481. The molecule has 3 aromatic rings. The van der Waals surface area contributed by atoms with Crippen LogP contribution in [0.1, 0.15) is 28.4 Å². The van der Waals surface area contributed by atoms with Crippen LogP contribution in [-0.2, 0) is 4.79 Å². The highest BCUT2D eigenvalue weighted by Gasteiger charge is 2.35. The van der Waals surface area contributed by atoms with Gasteiger partial charge in [0.2, 0.25) is 0 Å². The average molecular weight is 572 g/mol. The molecule has 3 aromatic carbocycles. The lowest BCUT2D eigenvalue weighted by Gasteiger charge is -2.14. The molecule has 0 bridgehead atoms. The average Bonchev–Trinajstić information content (AvgIpc) is 3.15. The largest absolute Gasteiger partial charge is 0.492 e. The van der Waals surface area contributed by atoms with Crippen molar-refractivity contribution in [3.63, 3.8) is 0 Å². The van der Waals surface area contributed by atoms with Crippen LogP contribution in [-0.4, -0.2) is 41.8 Å². The smallest absolute Gasteiger partial charge is 0.343 e. The van der Waals surface area contributed by atoms with Crippen molar-refractivity contribution in [2.75, 3.05) is 19.8 Å². The molecule has 7 nitrogen and oxygen atoms in total. The van der Waals surface area contributed by atoms with Crippen LogP contribution in [0.25, 0.3) is 6.08 Å². The Morgan fingerprint density at radius 3 is 2.39 bits per heavy atom. The molecule has 1 fully saturated rings. The molecule has 0 radical (unpaired) electrons. The highest BCUT2D eigenvalue weighted by atomic mass is 35.5. The Morgan fingerprint density at radius 2 is 1.71 bits per heavy atom. The number of nitrogens with zero attached hydrogens (tertiary/aromatic N) is 1. The number of carbonyl (C=O) groups excluding carboxylic acids is 3. The lowest BCUT2D eigenvalue weighted by Crippen LogP contribution is -2.32. The Kier molecular flexibility index (Phi) is 8.99. The third-order valence-electron chi connectivity index (χ3n) is 5.38. The number of rotatable bonds is 9. The maximum Gasteiger partial charge on any atom is 0.343 e. The maximum absolute atomic E-state index is 12.9. The fourth-order valence-corrected chi connectivity index (χ4v) is 4.75. The number of esters is 1. The second-order valence-electron chi connectivity index (χ2n) is 8.15. The van der Waals surface area contributed by atoms with Crippen LogP contribution in [0, 0.1) is 6.92 Å². The number of hydrogen-bond acceptors (Lipinski definition) is 7. The molecular weight excluding hydrogens is 549 g/mol. The van der Waals surface area contributed by atoms with Crippen LogP contribution in [0.3, 0.4) is 0 Å². The Labute approximate surface area is 234 Å². The summed E-state index contributed by atoms with van der Waals surface area (Å²) in [6, 6.07) is 16.9. The number of amides is 2. The van der Waals surface area contributed by atoms with Gasteiger partial charge in [-0.05, 0) is 85.8 Å². The van der Waals surface area contributed by atoms with E-state index in [1.807, 2.05) is 31.2 Å². The summed E-state index contributed by atoms with van der Waals surface area (Å²) >= 11 is 13.2. The van der Waals surface area contributed by atoms with E-state index in [-0.39, 0.29) is 46.7 Å². The van der Waals surface area contributed by atoms with E-state index in [0.29, 0.717) is 16.3 Å². The molecule has 2 amide bonds. The van der Waals surface area contributed by atoms with Gasteiger partial charge in [0.1, 0.15) is 12.4 Å². The second kappa shape index (κ2) is 12.4. The zero-order valence-corrected chi connectivity index (χ0v) is 22.9. The Morgan fingerprint density at radius 1 is 1.00 bits per heavy atom. The lowest BCUT2D eigenvalue weighted by molar-refractivity contribution is -0.123. The summed E-state index contributed by atoms with van der Waals surface area (Å²) in [5.41, 5.74) is 1.90. The van der Waals surface area contributed by atoms with Gasteiger partial charge in [0.25, 0.3) is 11.1 Å². The van der Waals surface area contributed by atoms with Crippen LogP contribution >= 0.6 is 35.0 Å². The normalized spacial score (nSPS) is 14.2. The molecule has 4 rings (SSSR count). The van der Waals surface area contributed by atoms with E-state index in [1.165, 1.54) is 18.2 Å². The standard InChI is InChI=1S/C28H23Cl2NO6S/c1-3-35-23-15-18(14-22(30)25(23)37-27(33)19-6-8-20(29)9-7-19)16-24-26(32)31(28(34)38-24)12-13-36-21-10-4-17(2)5-11-21/h4-11,14-16H,3,12-13H2,1-2H3/b24-16-. The van der Waals surface area contributed by atoms with Gasteiger partial charge < -0.3 is 14.2 Å². The van der Waals surface area contributed by atoms with Gasteiger partial charge in [-0.25, -0.2) is 4.79 Å². The predicted molar refractivity (Wildman–Crippen MR) is 148 cm³/mol. The van der Waals surface area contributed by atoms with E-state index in [0.717, 1.165) is 22.2 Å². The summed E-state index contributed by atoms with van der Waals surface area (Å²) in [5, 5.41) is 0.204. The zero-order chi connectivity index (χ0) is 27.2. The molecule has 1 saturated heterocycles. The number of carbonyl (C=O) groups is 3. The molecule has 1 aliphatic heterocycles. The molecule has 196 valence electrons. The van der Waals surface area contributed by atoms with Gasteiger partial charge in [-0.15, -0.1) is 0 Å². The van der Waals surface area contributed by atoms with Crippen LogP contribution < -0.4 is 14.2 Å². The maximum atomic E-state index is 12.9. The molecule has 0 N–H and O–H groups in total. The van der Waals surface area contributed by atoms with E-state index >= 15 is 0 Å². The van der Waals surface area contributed by atoms with Crippen molar-refractivity contribution in [2.24, 2.45) is 0 Å². The summed E-state index contributed by atoms with van der Waals surface area (Å²) in [4.78, 5) is 39.4. The van der Waals surface area contributed by atoms with Gasteiger partial charge >= 0.3 is 5.97 Å². The monoisotopic (exact) mass is 571 g/mol. The van der Waals surface area contributed by atoms with E-state index in [2.05, 4.69) is 0 Å². The third-order valence-corrected chi connectivity index (χ3v) is 6.82. The highest BCUT2D eigenvalue weighted by Crippen LogP contribution is 2.39. The molecule has 0 aromatic heterocycles. The van der Waals surface area contributed by atoms with Crippen molar-refractivity contribution in [2.45, 2.75) is 13.8 Å². The molecule has 38 heavy (non-hydrogen) atoms. The molecule has 1 aliphatic rings. The summed E-state index contributed by atoms with van der Waals surface area (Å²) in [6.45, 7) is 4.31. The summed E-state index contributed by atoms with van der Waals surface area (Å²) in [6.07, 6.45) is 1.55. The first-order valence-corrected chi connectivity index (χ1v) is 13.2. The van der Waals surface area contributed by atoms with Crippen LogP contribution in [0.5, 0.6) is 17.2 Å². The molecule has 0 aliphatic carbocycles. The molecule has 0 unspecified atom stereocenters. The first-order chi connectivity index (χ1) is 18.2. The van der Waals surface area contributed by atoms with Gasteiger partial charge in [0, 0.05) is 5.02 Å². The number of halogens is 2. The van der Waals surface area contributed by atoms with E-state index in [4.69, 9.17) is 37.4 Å². The van der Waals surface area contributed by atoms with Gasteiger partial charge in [-0.1, -0.05) is 40.9 Å². The molecule has 1 heterocycles. The fraction of sp³-hybridized carbons (Fsp3) is 0.179. The Hall–Kier alpha value is -3.46. The Balaban J connectivity index is 1.48. The van der Waals surface area contributed by atoms with Crippen molar-refractivity contribution in [1.82, 2.24) is 4.90 Å². The minimum Gasteiger partial charge on any atom is -0.492 e. The predicted octanol–water partition coefficient (Wildman–Crippen LogP) is 7.04. The van der Waals surface area contributed by atoms with Crippen molar-refractivity contribution in [1.29, 1.82) is 0 Å². The van der Waals surface area contributed by atoms with Crippen LogP contribution in [0.2, 0.25) is 10.0 Å².